The molecular formula is C22H22BrClN4O5S2. The van der Waals surface area contributed by atoms with E-state index < -0.39 is 22.3 Å². The average molecular weight is 602 g/mol. The zero-order valence-electron chi connectivity index (χ0n) is 18.2. The number of halogens is 2. The van der Waals surface area contributed by atoms with Crippen LogP contribution in [0.5, 0.6) is 0 Å². The van der Waals surface area contributed by atoms with E-state index in [4.69, 9.17) is 16.7 Å². The number of hydrogen-bond acceptors (Lipinski definition) is 9. The Morgan fingerprint density at radius 2 is 2.14 bits per heavy atom. The van der Waals surface area contributed by atoms with Gasteiger partial charge in [-0.25, -0.2) is 15.1 Å². The van der Waals surface area contributed by atoms with Crippen molar-refractivity contribution in [2.45, 2.75) is 31.4 Å². The number of nitrogens with zero attached hydrogens (tertiary/aromatic N) is 2. The summed E-state index contributed by atoms with van der Waals surface area (Å²) in [5.41, 5.74) is 2.29. The molecule has 1 aliphatic rings. The van der Waals surface area contributed by atoms with Crippen LogP contribution >= 0.6 is 38.9 Å². The summed E-state index contributed by atoms with van der Waals surface area (Å²) in [6.45, 7) is -0.216. The van der Waals surface area contributed by atoms with E-state index in [1.165, 1.54) is 23.9 Å². The second kappa shape index (κ2) is 11.0. The molecule has 4 N–H and O–H groups in total. The van der Waals surface area contributed by atoms with E-state index in [0.717, 1.165) is 14.9 Å². The van der Waals surface area contributed by atoms with Crippen LogP contribution in [0.15, 0.2) is 46.6 Å². The van der Waals surface area contributed by atoms with Gasteiger partial charge in [-0.3, -0.25) is 8.98 Å². The van der Waals surface area contributed by atoms with Gasteiger partial charge in [0.1, 0.15) is 12.1 Å². The second-order valence-electron chi connectivity index (χ2n) is 8.25. The number of rotatable bonds is 9. The van der Waals surface area contributed by atoms with Gasteiger partial charge in [0.05, 0.1) is 26.9 Å². The molecule has 2 aromatic heterocycles. The summed E-state index contributed by atoms with van der Waals surface area (Å²) in [6.07, 6.45) is 3.38. The fourth-order valence-corrected chi connectivity index (χ4v) is 6.24. The van der Waals surface area contributed by atoms with E-state index in [0.29, 0.717) is 40.5 Å². The lowest BCUT2D eigenvalue weighted by molar-refractivity contribution is 0.101. The quantitative estimate of drug-likeness (QED) is 0.316. The molecule has 3 atom stereocenters. The molecule has 35 heavy (non-hydrogen) atoms. The number of ketones is 1. The summed E-state index contributed by atoms with van der Waals surface area (Å²) in [5, 5.41) is 19.0. The lowest BCUT2D eigenvalue weighted by Crippen LogP contribution is -2.24. The third-order valence-electron chi connectivity index (χ3n) is 5.67. The Morgan fingerprint density at radius 3 is 2.89 bits per heavy atom. The van der Waals surface area contributed by atoms with Gasteiger partial charge in [0.25, 0.3) is 0 Å². The normalized spacial score (nSPS) is 20.2. The molecule has 0 amide bonds. The molecule has 0 bridgehead atoms. The Bertz CT molecular complexity index is 1340. The Balaban J connectivity index is 1.48. The Hall–Kier alpha value is -1.93. The molecule has 0 saturated heterocycles. The highest BCUT2D eigenvalue weighted by Gasteiger charge is 2.35. The smallest absolute Gasteiger partial charge is 0.333 e. The van der Waals surface area contributed by atoms with Gasteiger partial charge in [0.2, 0.25) is 5.78 Å². The van der Waals surface area contributed by atoms with Gasteiger partial charge >= 0.3 is 10.3 Å². The molecule has 9 nitrogen and oxygen atoms in total. The number of carbonyl (C=O) groups is 1. The number of thiophene rings is 1. The minimum Gasteiger partial charge on any atom is -0.393 e. The molecule has 0 radical (unpaired) electrons. The number of benzene rings is 1. The first-order valence-corrected chi connectivity index (χ1v) is 14.0. The van der Waals surface area contributed by atoms with Crippen molar-refractivity contribution in [1.82, 2.24) is 9.97 Å². The van der Waals surface area contributed by atoms with Crippen molar-refractivity contribution >= 4 is 60.8 Å². The number of aliphatic hydroxyl groups is 1. The summed E-state index contributed by atoms with van der Waals surface area (Å²) >= 11 is 11.0. The summed E-state index contributed by atoms with van der Waals surface area (Å²) in [6, 6.07) is 9.16. The molecule has 1 saturated carbocycles. The van der Waals surface area contributed by atoms with Crippen LogP contribution in [-0.4, -0.2) is 48.0 Å². The molecule has 1 fully saturated rings. The lowest BCUT2D eigenvalue weighted by atomic mass is 10.1. The SMILES string of the molecule is NS(=O)(=O)OCC1C[C@@H](Nc2ncncc2C(=O)c2cc(Cc3cccc(Cl)c3)c(Br)s2)C[C@@H]1O. The fraction of sp³-hybridized carbons (Fsp3) is 0.318. The number of aliphatic hydroxyl groups excluding tert-OH is 1. The zero-order valence-corrected chi connectivity index (χ0v) is 22.2. The van der Waals surface area contributed by atoms with Crippen molar-refractivity contribution in [2.75, 3.05) is 11.9 Å². The summed E-state index contributed by atoms with van der Waals surface area (Å²) < 4.78 is 27.6. The molecule has 1 aliphatic carbocycles. The number of hydrogen-bond donors (Lipinski definition) is 3. The van der Waals surface area contributed by atoms with Gasteiger partial charge in [-0.1, -0.05) is 23.7 Å². The van der Waals surface area contributed by atoms with E-state index in [2.05, 4.69) is 35.4 Å². The topological polar surface area (TPSA) is 144 Å². The monoisotopic (exact) mass is 600 g/mol. The maximum Gasteiger partial charge on any atom is 0.333 e. The first-order chi connectivity index (χ1) is 16.6. The molecule has 3 aromatic rings. The molecule has 2 heterocycles. The highest BCUT2D eigenvalue weighted by atomic mass is 79.9. The van der Waals surface area contributed by atoms with Crippen LogP contribution in [0.4, 0.5) is 5.82 Å². The average Bonchev–Trinajstić information content (AvgIpc) is 3.33. The first kappa shape index (κ1) is 26.1. The Labute approximate surface area is 220 Å². The molecule has 186 valence electrons. The largest absolute Gasteiger partial charge is 0.393 e. The molecular weight excluding hydrogens is 580 g/mol. The lowest BCUT2D eigenvalue weighted by Gasteiger charge is -2.15. The summed E-state index contributed by atoms with van der Waals surface area (Å²) in [5.74, 6) is -0.311. The fourth-order valence-electron chi connectivity index (χ4n) is 4.02. The highest BCUT2D eigenvalue weighted by molar-refractivity contribution is 9.11. The molecule has 4 rings (SSSR count). The summed E-state index contributed by atoms with van der Waals surface area (Å²) in [7, 11) is -4.09. The van der Waals surface area contributed by atoms with Crippen molar-refractivity contribution < 1.29 is 22.5 Å². The molecule has 0 spiro atoms. The van der Waals surface area contributed by atoms with Crippen LogP contribution in [0.2, 0.25) is 5.02 Å². The third kappa shape index (κ3) is 6.85. The van der Waals surface area contributed by atoms with Gasteiger partial charge in [-0.15, -0.1) is 11.3 Å². The number of anilines is 1. The second-order valence-corrected chi connectivity index (χ2v) is 12.3. The maximum atomic E-state index is 13.4. The molecule has 1 unspecified atom stereocenters. The van der Waals surface area contributed by atoms with Gasteiger partial charge < -0.3 is 10.4 Å². The minimum absolute atomic E-state index is 0.216. The van der Waals surface area contributed by atoms with Gasteiger partial charge in [-0.05, 0) is 64.5 Å². The van der Waals surface area contributed by atoms with E-state index in [9.17, 15) is 18.3 Å². The first-order valence-electron chi connectivity index (χ1n) is 10.6. The van der Waals surface area contributed by atoms with Gasteiger partial charge in [0.15, 0.2) is 0 Å². The van der Waals surface area contributed by atoms with Crippen LogP contribution in [-0.2, 0) is 20.9 Å². The third-order valence-corrected chi connectivity index (χ3v) is 8.33. The number of nitrogens with one attached hydrogen (secondary N) is 1. The van der Waals surface area contributed by atoms with Gasteiger partial charge in [0, 0.05) is 23.2 Å². The number of carbonyl (C=O) groups excluding carboxylic acids is 1. The molecule has 0 aliphatic heterocycles. The Kier molecular flexibility index (Phi) is 8.21. The number of aromatic nitrogens is 2. The molecule has 1 aromatic carbocycles. The minimum atomic E-state index is -4.09. The summed E-state index contributed by atoms with van der Waals surface area (Å²) in [4.78, 5) is 22.1. The standard InChI is InChI=1S/C22H22BrClN4O5S2/c23-21-13(4-12-2-1-3-15(24)5-12)7-19(34-21)20(30)17-9-26-11-27-22(17)28-16-6-14(18(29)8-16)10-33-35(25,31)32/h1-3,5,7,9,11,14,16,18,29H,4,6,8,10H2,(H2,25,31,32)(H,26,27,28)/t14?,16-,18+/m1/s1. The van der Waals surface area contributed by atoms with Crippen LogP contribution in [0.1, 0.15) is 39.2 Å². The van der Waals surface area contributed by atoms with E-state index >= 15 is 0 Å². The van der Waals surface area contributed by atoms with Crippen molar-refractivity contribution in [3.8, 4) is 0 Å². The van der Waals surface area contributed by atoms with Crippen molar-refractivity contribution in [3.63, 3.8) is 0 Å². The van der Waals surface area contributed by atoms with E-state index in [-0.39, 0.29) is 18.4 Å². The van der Waals surface area contributed by atoms with Crippen LogP contribution in [0.3, 0.4) is 0 Å². The zero-order chi connectivity index (χ0) is 25.2. The Morgan fingerprint density at radius 1 is 1.34 bits per heavy atom. The van der Waals surface area contributed by atoms with Crippen molar-refractivity contribution in [3.05, 3.63) is 73.2 Å². The van der Waals surface area contributed by atoms with E-state index in [1.807, 2.05) is 30.3 Å². The van der Waals surface area contributed by atoms with Crippen molar-refractivity contribution in [1.29, 1.82) is 0 Å². The van der Waals surface area contributed by atoms with Crippen LogP contribution in [0.25, 0.3) is 0 Å². The molecule has 13 heteroatoms. The highest BCUT2D eigenvalue weighted by Crippen LogP contribution is 2.34. The van der Waals surface area contributed by atoms with E-state index in [1.54, 1.807) is 0 Å². The van der Waals surface area contributed by atoms with Crippen LogP contribution < -0.4 is 10.5 Å². The van der Waals surface area contributed by atoms with Crippen molar-refractivity contribution in [2.24, 2.45) is 11.1 Å². The maximum absolute atomic E-state index is 13.4. The van der Waals surface area contributed by atoms with Gasteiger partial charge in [-0.2, -0.15) is 8.42 Å². The number of nitrogens with two attached hydrogens (primary N) is 1. The van der Waals surface area contributed by atoms with Crippen LogP contribution in [0, 0.1) is 5.92 Å². The predicted octanol–water partition coefficient (Wildman–Crippen LogP) is 3.55. The predicted molar refractivity (Wildman–Crippen MR) is 137 cm³/mol.